The standard InChI is InChI=1S/C66H42N6P2/c1-7-23-43(24-8-1)67-49-35-19-39-53-61(49)73-62-50(67)36-20-40-54(62)70(46-29-13-4-14-30-46)58-60-66-59(57(65(58)73)69(53)45-27-11-3-12-28-45)71(47-31-15-5-16-32-47)55-41-21-37-51-63(55)74(66)64-52(68(51)44-25-9-2-10-26-44)38-22-42-56(64)72(60)48-33-17-6-18-34-48/h1-42H. The van der Waals surface area contributed by atoms with Crippen LogP contribution in [0.5, 0.6) is 0 Å². The van der Waals surface area contributed by atoms with Gasteiger partial charge >= 0.3 is 0 Å². The molecule has 17 rings (SSSR count). The van der Waals surface area contributed by atoms with E-state index < -0.39 is 14.7 Å². The molecular weight excluding hydrogens is 939 g/mol. The molecule has 11 aromatic carbocycles. The Morgan fingerprint density at radius 1 is 0.162 bits per heavy atom. The molecule has 6 aromatic heterocycles. The zero-order valence-electron chi connectivity index (χ0n) is 39.8. The molecule has 0 aliphatic heterocycles. The van der Waals surface area contributed by atoms with Crippen LogP contribution in [-0.4, -0.2) is 27.4 Å². The summed E-state index contributed by atoms with van der Waals surface area (Å²) >= 11 is 0. The Morgan fingerprint density at radius 2 is 0.338 bits per heavy atom. The molecule has 6 heterocycles. The minimum Gasteiger partial charge on any atom is -0.308 e. The van der Waals surface area contributed by atoms with Gasteiger partial charge in [0.25, 0.3) is 0 Å². The van der Waals surface area contributed by atoms with E-state index in [1.54, 1.807) is 0 Å². The van der Waals surface area contributed by atoms with Crippen LogP contribution in [0.25, 0.3) is 131 Å². The topological polar surface area (TPSA) is 29.6 Å². The predicted octanol–water partition coefficient (Wildman–Crippen LogP) is 18.5. The third-order valence-electron chi connectivity index (χ3n) is 15.6. The van der Waals surface area contributed by atoms with Crippen LogP contribution in [0.2, 0.25) is 0 Å². The van der Waals surface area contributed by atoms with E-state index in [9.17, 15) is 0 Å². The number of benzene rings is 11. The highest BCUT2D eigenvalue weighted by Crippen LogP contribution is 2.63. The van der Waals surface area contributed by atoms with Crippen molar-refractivity contribution in [1.82, 2.24) is 27.4 Å². The Bertz CT molecular complexity index is 4490. The second-order valence-electron chi connectivity index (χ2n) is 19.4. The van der Waals surface area contributed by atoms with E-state index in [0.717, 1.165) is 34.1 Å². The highest BCUT2D eigenvalue weighted by molar-refractivity contribution is 7.65. The normalized spacial score (nSPS) is 12.3. The number of nitrogens with zero attached hydrogens (tertiary/aromatic N) is 6. The zero-order valence-corrected chi connectivity index (χ0v) is 41.6. The highest BCUT2D eigenvalue weighted by atomic mass is 31.1. The Hall–Kier alpha value is -9.18. The number of fused-ring (bicyclic) bond motifs is 2. The van der Waals surface area contributed by atoms with Gasteiger partial charge in [-0.1, -0.05) is 148 Å². The zero-order chi connectivity index (χ0) is 48.2. The van der Waals surface area contributed by atoms with Crippen LogP contribution >= 0.6 is 14.7 Å². The minimum atomic E-state index is -1.20. The van der Waals surface area contributed by atoms with Gasteiger partial charge in [-0.2, -0.15) is 0 Å². The minimum absolute atomic E-state index is 1.13. The van der Waals surface area contributed by atoms with Crippen molar-refractivity contribution in [1.29, 1.82) is 0 Å². The average molecular weight is 981 g/mol. The van der Waals surface area contributed by atoms with Gasteiger partial charge in [0.15, 0.2) is 0 Å². The SMILES string of the molecule is c1ccc(-n2c3cccc4c3p3c5c2cccc5n(-c2ccccc2)c2c5c6c(c(c23)n4-c2ccccc2)n(-c2ccccc2)c2cccc3c2p6c2c(cccc2n5-c2ccccc2)n3-c2ccccc2)cc1. The van der Waals surface area contributed by atoms with Crippen molar-refractivity contribution >= 4 is 112 Å². The van der Waals surface area contributed by atoms with Crippen LogP contribution < -0.4 is 0 Å². The lowest BCUT2D eigenvalue weighted by Crippen LogP contribution is -2.13. The summed E-state index contributed by atoms with van der Waals surface area (Å²) in [4.78, 5) is 0. The first-order valence-corrected chi connectivity index (χ1v) is 28.0. The van der Waals surface area contributed by atoms with Gasteiger partial charge < -0.3 is 27.4 Å². The van der Waals surface area contributed by atoms with Gasteiger partial charge in [0.05, 0.1) is 76.4 Å². The Balaban J connectivity index is 1.31. The van der Waals surface area contributed by atoms with Crippen molar-refractivity contribution in [3.8, 4) is 34.1 Å². The first-order valence-electron chi connectivity index (χ1n) is 25.3. The fourth-order valence-electron chi connectivity index (χ4n) is 12.9. The fourth-order valence-corrected chi connectivity index (χ4v) is 19.1. The van der Waals surface area contributed by atoms with Crippen molar-refractivity contribution in [3.05, 3.63) is 255 Å². The molecule has 74 heavy (non-hydrogen) atoms. The fraction of sp³-hybridized carbons (Fsp3) is 0. The molecule has 0 aliphatic rings. The van der Waals surface area contributed by atoms with E-state index in [-0.39, 0.29) is 0 Å². The second-order valence-corrected chi connectivity index (χ2v) is 23.4. The third kappa shape index (κ3) is 5.20. The third-order valence-corrected chi connectivity index (χ3v) is 20.9. The van der Waals surface area contributed by atoms with Crippen molar-refractivity contribution in [2.24, 2.45) is 0 Å². The van der Waals surface area contributed by atoms with Crippen molar-refractivity contribution < 1.29 is 0 Å². The van der Waals surface area contributed by atoms with E-state index in [1.165, 1.54) is 96.9 Å². The van der Waals surface area contributed by atoms with Crippen molar-refractivity contribution in [2.45, 2.75) is 0 Å². The molecule has 0 amide bonds. The molecule has 346 valence electrons. The van der Waals surface area contributed by atoms with Gasteiger partial charge in [-0.25, -0.2) is 0 Å². The maximum atomic E-state index is 2.66. The van der Waals surface area contributed by atoms with Gasteiger partial charge in [0, 0.05) is 54.6 Å². The first-order chi connectivity index (χ1) is 36.8. The molecule has 0 spiro atoms. The summed E-state index contributed by atoms with van der Waals surface area (Å²) in [6.45, 7) is 0. The maximum Gasteiger partial charge on any atom is 0.0852 e. The molecule has 17 aromatic rings. The van der Waals surface area contributed by atoms with Gasteiger partial charge in [-0.3, -0.25) is 0 Å². The van der Waals surface area contributed by atoms with Crippen LogP contribution in [0.3, 0.4) is 0 Å². The van der Waals surface area contributed by atoms with Crippen molar-refractivity contribution in [3.63, 3.8) is 0 Å². The van der Waals surface area contributed by atoms with Gasteiger partial charge in [0.1, 0.15) is 0 Å². The largest absolute Gasteiger partial charge is 0.308 e. The average Bonchev–Trinajstić information content (AvgIpc) is 3.49. The molecule has 0 atom stereocenters. The Morgan fingerprint density at radius 3 is 0.541 bits per heavy atom. The molecule has 0 saturated carbocycles. The number of aromatic nitrogens is 6. The van der Waals surface area contributed by atoms with Crippen LogP contribution in [0.15, 0.2) is 255 Å². The molecule has 6 nitrogen and oxygen atoms in total. The summed E-state index contributed by atoms with van der Waals surface area (Å²) in [5.41, 5.74) is 21.6. The molecule has 0 bridgehead atoms. The van der Waals surface area contributed by atoms with Crippen LogP contribution in [-0.2, 0) is 0 Å². The van der Waals surface area contributed by atoms with E-state index in [4.69, 9.17) is 0 Å². The van der Waals surface area contributed by atoms with Crippen LogP contribution in [0.1, 0.15) is 0 Å². The number of rotatable bonds is 6. The monoisotopic (exact) mass is 980 g/mol. The predicted molar refractivity (Wildman–Crippen MR) is 314 cm³/mol. The van der Waals surface area contributed by atoms with Crippen molar-refractivity contribution in [2.75, 3.05) is 0 Å². The summed E-state index contributed by atoms with van der Waals surface area (Å²) < 4.78 is 15.7. The molecule has 0 N–H and O–H groups in total. The lowest BCUT2D eigenvalue weighted by Gasteiger charge is -2.33. The lowest BCUT2D eigenvalue weighted by atomic mass is 10.1. The molecule has 0 saturated heterocycles. The smallest absolute Gasteiger partial charge is 0.0852 e. The Kier molecular flexibility index (Phi) is 8.29. The van der Waals surface area contributed by atoms with Crippen LogP contribution in [0.4, 0.5) is 0 Å². The molecule has 0 fully saturated rings. The molecule has 0 aliphatic carbocycles. The van der Waals surface area contributed by atoms with Gasteiger partial charge in [-0.05, 0) is 121 Å². The highest BCUT2D eigenvalue weighted by Gasteiger charge is 2.34. The summed E-state index contributed by atoms with van der Waals surface area (Å²) in [6.07, 6.45) is 0. The van der Waals surface area contributed by atoms with Crippen LogP contribution in [0, 0.1) is 0 Å². The number of para-hydroxylation sites is 6. The maximum absolute atomic E-state index is 2.66. The van der Waals surface area contributed by atoms with Gasteiger partial charge in [-0.15, -0.1) is 0 Å². The quantitative estimate of drug-likeness (QED) is 0.117. The molecule has 0 unspecified atom stereocenters. The first kappa shape index (κ1) is 40.4. The Labute approximate surface area is 425 Å². The van der Waals surface area contributed by atoms with E-state index in [2.05, 4.69) is 282 Å². The van der Waals surface area contributed by atoms with E-state index in [0.29, 0.717) is 0 Å². The molecule has 8 heteroatoms. The van der Waals surface area contributed by atoms with E-state index >= 15 is 0 Å². The van der Waals surface area contributed by atoms with E-state index in [1.807, 2.05) is 0 Å². The summed E-state index contributed by atoms with van der Waals surface area (Å²) in [5, 5.41) is 8.24. The van der Waals surface area contributed by atoms with Gasteiger partial charge in [0.2, 0.25) is 0 Å². The summed E-state index contributed by atoms with van der Waals surface area (Å²) in [5.74, 6) is 0. The number of hydrogen-bond acceptors (Lipinski definition) is 0. The summed E-state index contributed by atoms with van der Waals surface area (Å²) in [6, 6.07) is 95.0. The molecule has 0 radical (unpaired) electrons. The second kappa shape index (κ2) is 15.2. The lowest BCUT2D eigenvalue weighted by molar-refractivity contribution is 1.11. The summed E-state index contributed by atoms with van der Waals surface area (Å²) in [7, 11) is -2.41. The number of hydrogen-bond donors (Lipinski definition) is 0. The molecular formula is C66H42N6P2.